The van der Waals surface area contributed by atoms with E-state index in [9.17, 15) is 0 Å². The van der Waals surface area contributed by atoms with E-state index >= 15 is 0 Å². The summed E-state index contributed by atoms with van der Waals surface area (Å²) in [5.41, 5.74) is 3.92. The molecule has 1 heterocycles. The highest BCUT2D eigenvalue weighted by Crippen LogP contribution is 2.30. The van der Waals surface area contributed by atoms with E-state index in [1.54, 1.807) is 11.3 Å². The molecule has 1 aromatic heterocycles. The van der Waals surface area contributed by atoms with Gasteiger partial charge in [-0.15, -0.1) is 22.9 Å². The van der Waals surface area contributed by atoms with Crippen LogP contribution in [0.5, 0.6) is 0 Å². The lowest BCUT2D eigenvalue weighted by molar-refractivity contribution is 0.923. The van der Waals surface area contributed by atoms with Crippen molar-refractivity contribution < 1.29 is 0 Å². The number of thiazole rings is 1. The van der Waals surface area contributed by atoms with Crippen molar-refractivity contribution in [3.05, 3.63) is 51.0 Å². The van der Waals surface area contributed by atoms with Gasteiger partial charge in [0.25, 0.3) is 0 Å². The first-order valence-electron chi connectivity index (χ1n) is 5.69. The first kappa shape index (κ1) is 12.6. The number of hydrogen-bond donors (Lipinski definition) is 0. The van der Waals surface area contributed by atoms with Gasteiger partial charge in [-0.05, 0) is 38.3 Å². The summed E-state index contributed by atoms with van der Waals surface area (Å²) in [7, 11) is 0. The summed E-state index contributed by atoms with van der Waals surface area (Å²) in [5.74, 6) is 0. The molecule has 0 N–H and O–H groups in total. The zero-order chi connectivity index (χ0) is 12.4. The summed E-state index contributed by atoms with van der Waals surface area (Å²) >= 11 is 8.13. The van der Waals surface area contributed by atoms with E-state index in [1.807, 2.05) is 13.1 Å². The molecule has 3 heteroatoms. The average molecular weight is 266 g/mol. The first-order chi connectivity index (χ1) is 8.06. The largest absolute Gasteiger partial charge is 0.250 e. The number of nitrogens with zero attached hydrogens (tertiary/aromatic N) is 1. The minimum atomic E-state index is 0.0294. The molecule has 1 unspecified atom stereocenters. The van der Waals surface area contributed by atoms with E-state index < -0.39 is 0 Å². The molecule has 0 saturated carbocycles. The Morgan fingerprint density at radius 3 is 2.71 bits per heavy atom. The SMILES string of the molecule is Cc1ccc(C)c(CC(Cl)c2cnc(C)s2)c1. The number of hydrogen-bond acceptors (Lipinski definition) is 2. The van der Waals surface area contributed by atoms with Crippen LogP contribution in [0, 0.1) is 20.8 Å². The van der Waals surface area contributed by atoms with Crippen LogP contribution < -0.4 is 0 Å². The van der Waals surface area contributed by atoms with Crippen molar-refractivity contribution in [3.8, 4) is 0 Å². The number of alkyl halides is 1. The van der Waals surface area contributed by atoms with Crippen LogP contribution in [0.4, 0.5) is 0 Å². The van der Waals surface area contributed by atoms with Crippen LogP contribution in [0.15, 0.2) is 24.4 Å². The topological polar surface area (TPSA) is 12.9 Å². The van der Waals surface area contributed by atoms with Gasteiger partial charge in [-0.25, -0.2) is 4.98 Å². The maximum Gasteiger partial charge on any atom is 0.0897 e. The molecule has 0 radical (unpaired) electrons. The quantitative estimate of drug-likeness (QED) is 0.740. The molecule has 0 fully saturated rings. The van der Waals surface area contributed by atoms with Gasteiger partial charge in [0.15, 0.2) is 0 Å². The molecular formula is C14H16ClNS. The third-order valence-corrected chi connectivity index (χ3v) is 4.40. The smallest absolute Gasteiger partial charge is 0.0897 e. The van der Waals surface area contributed by atoms with Gasteiger partial charge in [-0.3, -0.25) is 0 Å². The van der Waals surface area contributed by atoms with Crippen molar-refractivity contribution in [1.82, 2.24) is 4.98 Å². The van der Waals surface area contributed by atoms with Gasteiger partial charge < -0.3 is 0 Å². The average Bonchev–Trinajstić information content (AvgIpc) is 2.70. The molecule has 0 saturated heterocycles. The Kier molecular flexibility index (Phi) is 3.85. The molecular weight excluding hydrogens is 250 g/mol. The summed E-state index contributed by atoms with van der Waals surface area (Å²) in [4.78, 5) is 5.41. The Morgan fingerprint density at radius 2 is 2.06 bits per heavy atom. The highest BCUT2D eigenvalue weighted by atomic mass is 35.5. The van der Waals surface area contributed by atoms with Crippen molar-refractivity contribution in [3.63, 3.8) is 0 Å². The zero-order valence-electron chi connectivity index (χ0n) is 10.3. The Labute approximate surface area is 111 Å². The van der Waals surface area contributed by atoms with Gasteiger partial charge in [0, 0.05) is 11.1 Å². The van der Waals surface area contributed by atoms with Gasteiger partial charge in [0.05, 0.1) is 10.4 Å². The molecule has 90 valence electrons. The fourth-order valence-electron chi connectivity index (χ4n) is 1.84. The molecule has 0 bridgehead atoms. The van der Waals surface area contributed by atoms with Gasteiger partial charge in [0.2, 0.25) is 0 Å². The third kappa shape index (κ3) is 3.08. The van der Waals surface area contributed by atoms with Crippen LogP contribution in [0.2, 0.25) is 0 Å². The molecule has 0 amide bonds. The van der Waals surface area contributed by atoms with Crippen molar-refractivity contribution in [2.75, 3.05) is 0 Å². The number of halogens is 1. The molecule has 1 nitrogen and oxygen atoms in total. The van der Waals surface area contributed by atoms with Crippen molar-refractivity contribution in [2.45, 2.75) is 32.6 Å². The minimum absolute atomic E-state index is 0.0294. The fraction of sp³-hybridized carbons (Fsp3) is 0.357. The van der Waals surface area contributed by atoms with E-state index in [-0.39, 0.29) is 5.38 Å². The van der Waals surface area contributed by atoms with Crippen LogP contribution >= 0.6 is 22.9 Å². The Bertz CT molecular complexity index is 519. The van der Waals surface area contributed by atoms with Gasteiger partial charge in [-0.2, -0.15) is 0 Å². The standard InChI is InChI=1S/C14H16ClNS/c1-9-4-5-10(2)12(6-9)7-13(15)14-8-16-11(3)17-14/h4-6,8,13H,7H2,1-3H3. The van der Waals surface area contributed by atoms with E-state index in [1.165, 1.54) is 16.7 Å². The molecule has 1 atom stereocenters. The van der Waals surface area contributed by atoms with Crippen LogP contribution in [0.1, 0.15) is 32.0 Å². The number of benzene rings is 1. The zero-order valence-corrected chi connectivity index (χ0v) is 11.9. The van der Waals surface area contributed by atoms with E-state index in [0.29, 0.717) is 0 Å². The van der Waals surface area contributed by atoms with Gasteiger partial charge >= 0.3 is 0 Å². The first-order valence-corrected chi connectivity index (χ1v) is 6.94. The third-order valence-electron chi connectivity index (χ3n) is 2.85. The van der Waals surface area contributed by atoms with Crippen molar-refractivity contribution in [2.24, 2.45) is 0 Å². The molecule has 17 heavy (non-hydrogen) atoms. The van der Waals surface area contributed by atoms with Crippen LogP contribution in [0.25, 0.3) is 0 Å². The van der Waals surface area contributed by atoms with E-state index in [0.717, 1.165) is 16.3 Å². The molecule has 0 aliphatic rings. The van der Waals surface area contributed by atoms with Gasteiger partial charge in [-0.1, -0.05) is 23.8 Å². The number of rotatable bonds is 3. The lowest BCUT2D eigenvalue weighted by atomic mass is 10.0. The summed E-state index contributed by atoms with van der Waals surface area (Å²) in [5, 5.41) is 1.10. The second kappa shape index (κ2) is 5.19. The Balaban J connectivity index is 2.18. The molecule has 1 aromatic carbocycles. The maximum absolute atomic E-state index is 6.45. The molecule has 0 aliphatic carbocycles. The van der Waals surface area contributed by atoms with E-state index in [2.05, 4.69) is 37.0 Å². The second-order valence-corrected chi connectivity index (χ2v) is 6.18. The monoisotopic (exact) mass is 265 g/mol. The Hall–Kier alpha value is -0.860. The van der Waals surface area contributed by atoms with Crippen molar-refractivity contribution >= 4 is 22.9 Å². The predicted octanol–water partition coefficient (Wildman–Crippen LogP) is 4.59. The molecule has 0 spiro atoms. The fourth-order valence-corrected chi connectivity index (χ4v) is 2.96. The summed E-state index contributed by atoms with van der Waals surface area (Å²) in [6.07, 6.45) is 2.76. The highest BCUT2D eigenvalue weighted by Gasteiger charge is 2.13. The maximum atomic E-state index is 6.45. The number of aromatic nitrogens is 1. The minimum Gasteiger partial charge on any atom is -0.250 e. The number of aryl methyl sites for hydroxylation is 3. The molecule has 0 aliphatic heterocycles. The van der Waals surface area contributed by atoms with Crippen LogP contribution in [-0.2, 0) is 6.42 Å². The summed E-state index contributed by atoms with van der Waals surface area (Å²) in [6.45, 7) is 6.26. The van der Waals surface area contributed by atoms with Crippen LogP contribution in [0.3, 0.4) is 0 Å². The normalized spacial score (nSPS) is 12.7. The van der Waals surface area contributed by atoms with Crippen LogP contribution in [-0.4, -0.2) is 4.98 Å². The lowest BCUT2D eigenvalue weighted by Gasteiger charge is -2.10. The van der Waals surface area contributed by atoms with E-state index in [4.69, 9.17) is 11.6 Å². The predicted molar refractivity (Wildman–Crippen MR) is 75.1 cm³/mol. The summed E-state index contributed by atoms with van der Waals surface area (Å²) < 4.78 is 0. The lowest BCUT2D eigenvalue weighted by Crippen LogP contribution is -1.96. The molecule has 2 rings (SSSR count). The second-order valence-electron chi connectivity index (χ2n) is 4.38. The molecule has 2 aromatic rings. The highest BCUT2D eigenvalue weighted by molar-refractivity contribution is 7.11. The van der Waals surface area contributed by atoms with Crippen molar-refractivity contribution in [1.29, 1.82) is 0 Å². The van der Waals surface area contributed by atoms with Gasteiger partial charge in [0.1, 0.15) is 0 Å². The Morgan fingerprint density at radius 1 is 1.29 bits per heavy atom. The summed E-state index contributed by atoms with van der Waals surface area (Å²) in [6, 6.07) is 6.52.